The standard InChI is InChI=1S/C9H5BF4N/c11-9-2-1-8(6-15)7(5-9)3-4-10(12,13)14/h1-5H/q-1/b4-3+. The van der Waals surface area contributed by atoms with E-state index in [1.807, 2.05) is 0 Å². The first-order chi connectivity index (χ1) is 6.92. The van der Waals surface area contributed by atoms with E-state index in [4.69, 9.17) is 5.26 Å². The van der Waals surface area contributed by atoms with Crippen LogP contribution in [0.1, 0.15) is 11.1 Å². The molecule has 1 rings (SSSR count). The predicted octanol–water partition coefficient (Wildman–Crippen LogP) is 3.10. The van der Waals surface area contributed by atoms with Crippen LogP contribution in [-0.2, 0) is 0 Å². The molecule has 0 radical (unpaired) electrons. The molecule has 78 valence electrons. The summed E-state index contributed by atoms with van der Waals surface area (Å²) in [5.41, 5.74) is -0.0654. The maximum Gasteiger partial charge on any atom is 0.502 e. The minimum absolute atomic E-state index is 0.00713. The molecular formula is C9H5BF4N-. The van der Waals surface area contributed by atoms with E-state index in [0.717, 1.165) is 18.2 Å². The fourth-order valence-corrected chi connectivity index (χ4v) is 0.986. The normalized spacial score (nSPS) is 11.7. The second-order valence-corrected chi connectivity index (χ2v) is 2.83. The van der Waals surface area contributed by atoms with Crippen molar-refractivity contribution in [2.75, 3.05) is 0 Å². The second-order valence-electron chi connectivity index (χ2n) is 2.83. The van der Waals surface area contributed by atoms with Gasteiger partial charge in [-0.1, -0.05) is 6.08 Å². The van der Waals surface area contributed by atoms with E-state index in [1.54, 1.807) is 6.07 Å². The van der Waals surface area contributed by atoms with E-state index in [-0.39, 0.29) is 17.1 Å². The Morgan fingerprint density at radius 1 is 1.27 bits per heavy atom. The van der Waals surface area contributed by atoms with Gasteiger partial charge in [0.05, 0.1) is 11.6 Å². The Morgan fingerprint density at radius 3 is 2.47 bits per heavy atom. The number of halogens is 4. The average Bonchev–Trinajstić information content (AvgIpc) is 2.14. The molecule has 1 nitrogen and oxygen atoms in total. The Morgan fingerprint density at radius 2 is 1.93 bits per heavy atom. The number of benzene rings is 1. The molecule has 0 N–H and O–H groups in total. The number of nitrogens with zero attached hydrogens (tertiary/aromatic N) is 1. The van der Waals surface area contributed by atoms with Gasteiger partial charge in [0.1, 0.15) is 5.82 Å². The summed E-state index contributed by atoms with van der Waals surface area (Å²) < 4.78 is 48.3. The highest BCUT2D eigenvalue weighted by Gasteiger charge is 2.17. The van der Waals surface area contributed by atoms with Crippen LogP contribution >= 0.6 is 0 Å². The quantitative estimate of drug-likeness (QED) is 0.548. The van der Waals surface area contributed by atoms with Crippen LogP contribution in [0.25, 0.3) is 6.08 Å². The van der Waals surface area contributed by atoms with Crippen LogP contribution in [0.4, 0.5) is 17.3 Å². The highest BCUT2D eigenvalue weighted by atomic mass is 19.4. The zero-order valence-electron chi connectivity index (χ0n) is 7.42. The van der Waals surface area contributed by atoms with Crippen molar-refractivity contribution in [3.8, 4) is 6.07 Å². The summed E-state index contributed by atoms with van der Waals surface area (Å²) in [7, 11) is 0. The van der Waals surface area contributed by atoms with Gasteiger partial charge in [0.25, 0.3) is 0 Å². The fraction of sp³-hybridized carbons (Fsp3) is 0. The van der Waals surface area contributed by atoms with Gasteiger partial charge in [-0.2, -0.15) is 5.26 Å². The first-order valence-electron chi connectivity index (χ1n) is 4.01. The first-order valence-corrected chi connectivity index (χ1v) is 4.01. The fourth-order valence-electron chi connectivity index (χ4n) is 0.986. The van der Waals surface area contributed by atoms with Crippen molar-refractivity contribution in [1.82, 2.24) is 0 Å². The van der Waals surface area contributed by atoms with Crippen LogP contribution < -0.4 is 0 Å². The van der Waals surface area contributed by atoms with Crippen molar-refractivity contribution in [3.63, 3.8) is 0 Å². The molecule has 0 heterocycles. The molecule has 0 saturated heterocycles. The van der Waals surface area contributed by atoms with E-state index in [2.05, 4.69) is 0 Å². The monoisotopic (exact) mass is 214 g/mol. The van der Waals surface area contributed by atoms with Crippen LogP contribution in [0.3, 0.4) is 0 Å². The van der Waals surface area contributed by atoms with Crippen molar-refractivity contribution in [1.29, 1.82) is 5.26 Å². The van der Waals surface area contributed by atoms with Crippen molar-refractivity contribution in [2.24, 2.45) is 0 Å². The number of rotatable bonds is 2. The number of hydrogen-bond donors (Lipinski definition) is 0. The highest BCUT2D eigenvalue weighted by Crippen LogP contribution is 2.16. The van der Waals surface area contributed by atoms with Gasteiger partial charge in [-0.15, -0.1) is 5.98 Å². The molecule has 0 aliphatic heterocycles. The molecule has 6 heteroatoms. The molecule has 1 aromatic carbocycles. The van der Waals surface area contributed by atoms with E-state index in [1.165, 1.54) is 0 Å². The van der Waals surface area contributed by atoms with Gasteiger partial charge in [-0.05, 0) is 23.8 Å². The van der Waals surface area contributed by atoms with Crippen LogP contribution in [0.5, 0.6) is 0 Å². The molecule has 0 amide bonds. The molecule has 0 atom stereocenters. The Bertz CT molecular complexity index is 431. The lowest BCUT2D eigenvalue weighted by Crippen LogP contribution is -2.09. The average molecular weight is 214 g/mol. The lowest BCUT2D eigenvalue weighted by atomic mass is 9.90. The second kappa shape index (κ2) is 4.17. The molecule has 0 aliphatic carbocycles. The molecule has 0 aromatic heterocycles. The van der Waals surface area contributed by atoms with Crippen molar-refractivity contribution in [3.05, 3.63) is 41.1 Å². The Kier molecular flexibility index (Phi) is 3.15. The largest absolute Gasteiger partial charge is 0.502 e. The summed E-state index contributed by atoms with van der Waals surface area (Å²) in [4.78, 5) is 0. The summed E-state index contributed by atoms with van der Waals surface area (Å²) in [6.45, 7) is -5.07. The van der Waals surface area contributed by atoms with Gasteiger partial charge in [-0.3, -0.25) is 0 Å². The molecule has 15 heavy (non-hydrogen) atoms. The Balaban J connectivity index is 3.09. The van der Waals surface area contributed by atoms with E-state index < -0.39 is 12.8 Å². The third-order valence-electron chi connectivity index (χ3n) is 1.63. The molecule has 1 aromatic rings. The summed E-state index contributed by atoms with van der Waals surface area (Å²) in [5.74, 6) is -0.654. The van der Waals surface area contributed by atoms with Crippen LogP contribution in [0, 0.1) is 17.1 Å². The molecule has 0 fully saturated rings. The molecule has 0 spiro atoms. The van der Waals surface area contributed by atoms with Gasteiger partial charge in [-0.25, -0.2) is 4.39 Å². The van der Waals surface area contributed by atoms with Crippen molar-refractivity contribution < 1.29 is 17.3 Å². The predicted molar refractivity (Wildman–Crippen MR) is 49.2 cm³/mol. The SMILES string of the molecule is N#Cc1ccc(F)cc1/C=C/[B-](F)(F)F. The molecule has 0 aliphatic rings. The Labute approximate surface area is 83.7 Å². The summed E-state index contributed by atoms with van der Waals surface area (Å²) in [5, 5.41) is 8.56. The zero-order chi connectivity index (χ0) is 11.5. The summed E-state index contributed by atoms with van der Waals surface area (Å²) in [6, 6.07) is 4.73. The zero-order valence-corrected chi connectivity index (χ0v) is 7.42. The minimum Gasteiger partial charge on any atom is -0.445 e. The molecule has 0 unspecified atom stereocenters. The van der Waals surface area contributed by atoms with E-state index in [0.29, 0.717) is 6.08 Å². The van der Waals surface area contributed by atoms with Gasteiger partial charge >= 0.3 is 6.98 Å². The lowest BCUT2D eigenvalue weighted by Gasteiger charge is -2.06. The lowest BCUT2D eigenvalue weighted by molar-refractivity contribution is 0.499. The topological polar surface area (TPSA) is 23.8 Å². The van der Waals surface area contributed by atoms with Gasteiger partial charge in [0.15, 0.2) is 0 Å². The minimum atomic E-state index is -5.07. The Hall–Kier alpha value is -1.77. The summed E-state index contributed by atoms with van der Waals surface area (Å²) in [6.07, 6.45) is 0.696. The van der Waals surface area contributed by atoms with E-state index in [9.17, 15) is 17.3 Å². The first kappa shape index (κ1) is 11.3. The highest BCUT2D eigenvalue weighted by molar-refractivity contribution is 6.64. The van der Waals surface area contributed by atoms with E-state index >= 15 is 0 Å². The number of nitriles is 1. The third kappa shape index (κ3) is 3.46. The third-order valence-corrected chi connectivity index (χ3v) is 1.63. The smallest absolute Gasteiger partial charge is 0.445 e. The maximum absolute atomic E-state index is 12.7. The van der Waals surface area contributed by atoms with Gasteiger partial charge in [0.2, 0.25) is 0 Å². The van der Waals surface area contributed by atoms with Crippen LogP contribution in [-0.4, -0.2) is 6.98 Å². The van der Waals surface area contributed by atoms with Gasteiger partial charge in [0, 0.05) is 0 Å². The maximum atomic E-state index is 12.7. The molecule has 0 saturated carbocycles. The van der Waals surface area contributed by atoms with Crippen LogP contribution in [0.2, 0.25) is 0 Å². The molecule has 0 bridgehead atoms. The summed E-state index contributed by atoms with van der Waals surface area (Å²) >= 11 is 0. The van der Waals surface area contributed by atoms with Gasteiger partial charge < -0.3 is 12.9 Å². The van der Waals surface area contributed by atoms with Crippen molar-refractivity contribution in [2.45, 2.75) is 0 Å². The molecular weight excluding hydrogens is 209 g/mol. The van der Waals surface area contributed by atoms with Crippen LogP contribution in [0.15, 0.2) is 24.2 Å². The number of hydrogen-bond acceptors (Lipinski definition) is 1. The van der Waals surface area contributed by atoms with Crippen molar-refractivity contribution >= 4 is 13.1 Å².